The van der Waals surface area contributed by atoms with Crippen LogP contribution in [0, 0.1) is 0 Å². The highest BCUT2D eigenvalue weighted by Crippen LogP contribution is 2.30. The van der Waals surface area contributed by atoms with Crippen LogP contribution < -0.4 is 10.6 Å². The lowest BCUT2D eigenvalue weighted by Crippen LogP contribution is -2.12. The predicted molar refractivity (Wildman–Crippen MR) is 144 cm³/mol. The Morgan fingerprint density at radius 1 is 0.457 bits per heavy atom. The van der Waals surface area contributed by atoms with E-state index >= 15 is 0 Å². The molecule has 0 aliphatic rings. The van der Waals surface area contributed by atoms with Crippen molar-refractivity contribution in [3.8, 4) is 22.3 Å². The molecule has 4 nitrogen and oxygen atoms in total. The Kier molecular flexibility index (Phi) is 6.50. The Morgan fingerprint density at radius 2 is 0.829 bits per heavy atom. The Bertz CT molecular complexity index is 1370. The quantitative estimate of drug-likeness (QED) is 0.266. The summed E-state index contributed by atoms with van der Waals surface area (Å²) in [5.41, 5.74) is 5.36. The van der Waals surface area contributed by atoms with Crippen LogP contribution in [0.15, 0.2) is 121 Å². The van der Waals surface area contributed by atoms with Crippen LogP contribution in [0.2, 0.25) is 0 Å². The molecule has 2 amide bonds. The number of anilines is 2. The van der Waals surface area contributed by atoms with Gasteiger partial charge in [-0.25, -0.2) is 0 Å². The number of carbonyl (C=O) groups is 2. The van der Waals surface area contributed by atoms with E-state index < -0.39 is 0 Å². The van der Waals surface area contributed by atoms with Gasteiger partial charge in [0.2, 0.25) is 0 Å². The fourth-order valence-electron chi connectivity index (χ4n) is 3.87. The molecule has 0 spiro atoms. The number of hydrogen-bond acceptors (Lipinski definition) is 3. The van der Waals surface area contributed by atoms with Gasteiger partial charge >= 0.3 is 0 Å². The lowest BCUT2D eigenvalue weighted by molar-refractivity contribution is 0.102. The first-order valence-electron chi connectivity index (χ1n) is 11.2. The average Bonchev–Trinajstić information content (AvgIpc) is 3.41. The number of benzene rings is 4. The molecule has 0 aliphatic carbocycles. The molecule has 0 saturated heterocycles. The summed E-state index contributed by atoms with van der Waals surface area (Å²) >= 11 is 1.17. The third-order valence-corrected chi connectivity index (χ3v) is 6.66. The van der Waals surface area contributed by atoms with Crippen LogP contribution in [-0.2, 0) is 0 Å². The fourth-order valence-corrected chi connectivity index (χ4v) is 4.67. The van der Waals surface area contributed by atoms with E-state index in [1.54, 1.807) is 12.1 Å². The predicted octanol–water partition coefficient (Wildman–Crippen LogP) is 7.59. The molecule has 0 unspecified atom stereocenters. The Morgan fingerprint density at radius 3 is 1.26 bits per heavy atom. The number of thiophene rings is 1. The van der Waals surface area contributed by atoms with Gasteiger partial charge in [0, 0.05) is 22.5 Å². The van der Waals surface area contributed by atoms with Gasteiger partial charge in [-0.1, -0.05) is 97.1 Å². The zero-order chi connectivity index (χ0) is 24.0. The van der Waals surface area contributed by atoms with E-state index in [9.17, 15) is 9.59 Å². The van der Waals surface area contributed by atoms with Gasteiger partial charge in [0.1, 0.15) is 0 Å². The molecule has 5 heteroatoms. The molecule has 1 aromatic heterocycles. The first-order valence-corrected chi connectivity index (χ1v) is 12.0. The normalized spacial score (nSPS) is 10.5. The monoisotopic (exact) mass is 474 g/mol. The highest BCUT2D eigenvalue weighted by atomic mass is 32.1. The minimum atomic E-state index is -0.248. The molecule has 0 saturated carbocycles. The molecule has 0 aliphatic heterocycles. The summed E-state index contributed by atoms with van der Waals surface area (Å²) in [6.45, 7) is 0. The van der Waals surface area contributed by atoms with Crippen molar-refractivity contribution in [1.29, 1.82) is 0 Å². The second-order valence-electron chi connectivity index (χ2n) is 7.90. The van der Waals surface area contributed by atoms with Crippen molar-refractivity contribution in [1.82, 2.24) is 0 Å². The summed E-state index contributed by atoms with van der Waals surface area (Å²) in [6.07, 6.45) is 0. The first-order chi connectivity index (χ1) is 17.2. The van der Waals surface area contributed by atoms with Gasteiger partial charge in [0.05, 0.1) is 9.75 Å². The van der Waals surface area contributed by atoms with E-state index in [1.807, 2.05) is 109 Å². The summed E-state index contributed by atoms with van der Waals surface area (Å²) in [5, 5.41) is 6.00. The lowest BCUT2D eigenvalue weighted by atomic mass is 10.0. The summed E-state index contributed by atoms with van der Waals surface area (Å²) in [5.74, 6) is -0.496. The Labute approximate surface area is 207 Å². The molecule has 0 atom stereocenters. The molecular formula is C30H22N2O2S. The molecule has 2 N–H and O–H groups in total. The van der Waals surface area contributed by atoms with Crippen molar-refractivity contribution in [2.45, 2.75) is 0 Å². The van der Waals surface area contributed by atoms with Crippen LogP contribution in [0.5, 0.6) is 0 Å². The minimum Gasteiger partial charge on any atom is -0.321 e. The van der Waals surface area contributed by atoms with Gasteiger partial charge in [-0.15, -0.1) is 11.3 Å². The molecule has 5 aromatic rings. The number of hydrogen-bond donors (Lipinski definition) is 2. The molecular weight excluding hydrogens is 452 g/mol. The Hall–Kier alpha value is -4.48. The molecule has 4 aromatic carbocycles. The standard InChI is InChI=1S/C30H22N2O2S/c33-29(31-25-17-9-7-15-23(25)21-11-3-1-4-12-21)27-19-20-28(35-27)30(34)32-26-18-10-8-16-24(26)22-13-5-2-6-14-22/h1-20H,(H,31,33)(H,32,34). The number of nitrogens with one attached hydrogen (secondary N) is 2. The number of amides is 2. The van der Waals surface area contributed by atoms with E-state index in [0.717, 1.165) is 33.6 Å². The average molecular weight is 475 g/mol. The maximum absolute atomic E-state index is 13.0. The maximum atomic E-state index is 13.0. The van der Waals surface area contributed by atoms with E-state index in [-0.39, 0.29) is 11.8 Å². The van der Waals surface area contributed by atoms with Crippen molar-refractivity contribution in [3.05, 3.63) is 131 Å². The smallest absolute Gasteiger partial charge is 0.265 e. The van der Waals surface area contributed by atoms with Crippen LogP contribution in [0.25, 0.3) is 22.3 Å². The zero-order valence-electron chi connectivity index (χ0n) is 18.8. The fraction of sp³-hybridized carbons (Fsp3) is 0. The van der Waals surface area contributed by atoms with Crippen LogP contribution in [-0.4, -0.2) is 11.8 Å². The minimum absolute atomic E-state index is 0.248. The van der Waals surface area contributed by atoms with Crippen molar-refractivity contribution >= 4 is 34.5 Å². The van der Waals surface area contributed by atoms with E-state index in [0.29, 0.717) is 9.75 Å². The lowest BCUT2D eigenvalue weighted by Gasteiger charge is -2.11. The van der Waals surface area contributed by atoms with Gasteiger partial charge < -0.3 is 10.6 Å². The second-order valence-corrected chi connectivity index (χ2v) is 8.98. The zero-order valence-corrected chi connectivity index (χ0v) is 19.6. The summed E-state index contributed by atoms with van der Waals surface area (Å²) < 4.78 is 0. The summed E-state index contributed by atoms with van der Waals surface area (Å²) in [6, 6.07) is 38.5. The van der Waals surface area contributed by atoms with Gasteiger partial charge in [-0.05, 0) is 35.4 Å². The summed E-state index contributed by atoms with van der Waals surface area (Å²) in [4.78, 5) is 26.9. The van der Waals surface area contributed by atoms with E-state index in [2.05, 4.69) is 10.6 Å². The van der Waals surface area contributed by atoms with Gasteiger partial charge in [-0.3, -0.25) is 9.59 Å². The molecule has 0 radical (unpaired) electrons. The third-order valence-electron chi connectivity index (χ3n) is 5.57. The van der Waals surface area contributed by atoms with Crippen LogP contribution in [0.4, 0.5) is 11.4 Å². The van der Waals surface area contributed by atoms with E-state index in [4.69, 9.17) is 0 Å². The second kappa shape index (κ2) is 10.2. The molecule has 170 valence electrons. The molecule has 35 heavy (non-hydrogen) atoms. The van der Waals surface area contributed by atoms with Crippen LogP contribution in [0.1, 0.15) is 19.3 Å². The highest BCUT2D eigenvalue weighted by molar-refractivity contribution is 7.16. The summed E-state index contributed by atoms with van der Waals surface area (Å²) in [7, 11) is 0. The molecule has 1 heterocycles. The first kappa shape index (κ1) is 22.3. The van der Waals surface area contributed by atoms with Crippen LogP contribution >= 0.6 is 11.3 Å². The molecule has 0 fully saturated rings. The van der Waals surface area contributed by atoms with Crippen molar-refractivity contribution in [2.75, 3.05) is 10.6 Å². The molecule has 0 bridgehead atoms. The number of carbonyl (C=O) groups excluding carboxylic acids is 2. The highest BCUT2D eigenvalue weighted by Gasteiger charge is 2.17. The largest absolute Gasteiger partial charge is 0.321 e. The van der Waals surface area contributed by atoms with E-state index in [1.165, 1.54) is 11.3 Å². The van der Waals surface area contributed by atoms with Gasteiger partial charge in [0.15, 0.2) is 0 Å². The van der Waals surface area contributed by atoms with Gasteiger partial charge in [-0.2, -0.15) is 0 Å². The number of rotatable bonds is 6. The van der Waals surface area contributed by atoms with Crippen molar-refractivity contribution < 1.29 is 9.59 Å². The molecule has 5 rings (SSSR count). The van der Waals surface area contributed by atoms with Crippen molar-refractivity contribution in [3.63, 3.8) is 0 Å². The van der Waals surface area contributed by atoms with Crippen molar-refractivity contribution in [2.24, 2.45) is 0 Å². The third kappa shape index (κ3) is 5.05. The van der Waals surface area contributed by atoms with Gasteiger partial charge in [0.25, 0.3) is 11.8 Å². The Balaban J connectivity index is 1.33. The topological polar surface area (TPSA) is 58.2 Å². The maximum Gasteiger partial charge on any atom is 0.265 e. The van der Waals surface area contributed by atoms with Crippen LogP contribution in [0.3, 0.4) is 0 Å². The SMILES string of the molecule is O=C(Nc1ccccc1-c1ccccc1)c1ccc(C(=O)Nc2ccccc2-c2ccccc2)s1. The number of para-hydroxylation sites is 2.